The fourth-order valence-electron chi connectivity index (χ4n) is 2.89. The Hall–Kier alpha value is -2.36. The van der Waals surface area contributed by atoms with Crippen molar-refractivity contribution in [2.24, 2.45) is 0 Å². The van der Waals surface area contributed by atoms with Crippen molar-refractivity contribution in [3.8, 4) is 5.75 Å². The molecule has 0 fully saturated rings. The van der Waals surface area contributed by atoms with Crippen molar-refractivity contribution >= 4 is 5.97 Å². The predicted molar refractivity (Wildman–Crippen MR) is 106 cm³/mol. The lowest BCUT2D eigenvalue weighted by Gasteiger charge is -2.17. The van der Waals surface area contributed by atoms with Crippen LogP contribution in [0, 0.1) is 5.82 Å². The third kappa shape index (κ3) is 6.70. The molecule has 0 aliphatic carbocycles. The van der Waals surface area contributed by atoms with Crippen LogP contribution < -0.4 is 4.74 Å². The highest BCUT2D eigenvalue weighted by Gasteiger charge is 2.19. The minimum atomic E-state index is -0.658. The number of ether oxygens (including phenoxy) is 2. The van der Waals surface area contributed by atoms with Crippen LogP contribution in [0.25, 0.3) is 0 Å². The van der Waals surface area contributed by atoms with E-state index in [4.69, 9.17) is 9.47 Å². The molecular weight excluding hydrogens is 343 g/mol. The molecule has 0 bridgehead atoms. The molecule has 1 unspecified atom stereocenters. The van der Waals surface area contributed by atoms with Gasteiger partial charge in [0, 0.05) is 6.07 Å². The number of benzene rings is 2. The van der Waals surface area contributed by atoms with E-state index < -0.39 is 17.9 Å². The van der Waals surface area contributed by atoms with Crippen molar-refractivity contribution in [3.05, 3.63) is 65.5 Å². The second kappa shape index (κ2) is 11.4. The van der Waals surface area contributed by atoms with E-state index in [0.717, 1.165) is 18.4 Å². The largest absolute Gasteiger partial charge is 0.493 e. The van der Waals surface area contributed by atoms with Crippen LogP contribution in [-0.2, 0) is 4.74 Å². The number of unbranched alkanes of at least 4 members (excludes halogenated alkanes) is 4. The molecule has 0 N–H and O–H groups in total. The molecule has 0 aliphatic heterocycles. The van der Waals surface area contributed by atoms with E-state index in [-0.39, 0.29) is 5.56 Å². The van der Waals surface area contributed by atoms with Gasteiger partial charge in [-0.25, -0.2) is 9.18 Å². The van der Waals surface area contributed by atoms with E-state index in [0.29, 0.717) is 18.8 Å². The maximum Gasteiger partial charge on any atom is 0.341 e. The van der Waals surface area contributed by atoms with E-state index in [1.54, 1.807) is 6.07 Å². The molecule has 0 radical (unpaired) electrons. The Kier molecular flexibility index (Phi) is 8.82. The third-order valence-electron chi connectivity index (χ3n) is 4.47. The third-order valence-corrected chi connectivity index (χ3v) is 4.47. The van der Waals surface area contributed by atoms with Gasteiger partial charge in [-0.05, 0) is 30.5 Å². The summed E-state index contributed by atoms with van der Waals surface area (Å²) in [6, 6.07) is 13.8. The summed E-state index contributed by atoms with van der Waals surface area (Å²) < 4.78 is 25.4. The fraction of sp³-hybridized carbons (Fsp3) is 0.435. The number of esters is 1. The van der Waals surface area contributed by atoms with E-state index in [1.165, 1.54) is 31.4 Å². The number of halogens is 1. The Morgan fingerprint density at radius 2 is 1.74 bits per heavy atom. The van der Waals surface area contributed by atoms with Crippen LogP contribution >= 0.6 is 0 Å². The van der Waals surface area contributed by atoms with E-state index >= 15 is 0 Å². The van der Waals surface area contributed by atoms with Gasteiger partial charge < -0.3 is 9.47 Å². The minimum Gasteiger partial charge on any atom is -0.493 e. The molecule has 0 heterocycles. The van der Waals surface area contributed by atoms with Crippen molar-refractivity contribution in [1.29, 1.82) is 0 Å². The summed E-state index contributed by atoms with van der Waals surface area (Å²) in [5.41, 5.74) is 0.830. The first-order valence-electron chi connectivity index (χ1n) is 9.84. The summed E-state index contributed by atoms with van der Waals surface area (Å²) in [5, 5.41) is 0. The standard InChI is InChI=1S/C23H29FO3/c1-3-5-6-7-11-16-26-19-14-15-20(21(24)17-19)23(25)27-22(4-2)18-12-9-8-10-13-18/h8-10,12-15,17,22H,3-7,11,16H2,1-2H3. The van der Waals surface area contributed by atoms with Crippen molar-refractivity contribution < 1.29 is 18.7 Å². The van der Waals surface area contributed by atoms with Gasteiger partial charge in [-0.2, -0.15) is 0 Å². The van der Waals surface area contributed by atoms with Gasteiger partial charge in [0.05, 0.1) is 12.2 Å². The molecule has 0 saturated carbocycles. The van der Waals surface area contributed by atoms with Crippen molar-refractivity contribution in [2.45, 2.75) is 58.5 Å². The normalized spacial score (nSPS) is 11.8. The van der Waals surface area contributed by atoms with Gasteiger partial charge in [-0.1, -0.05) is 69.9 Å². The van der Waals surface area contributed by atoms with E-state index in [9.17, 15) is 9.18 Å². The van der Waals surface area contributed by atoms with Crippen LogP contribution in [0.1, 0.15) is 74.4 Å². The molecule has 1 atom stereocenters. The zero-order chi connectivity index (χ0) is 19.5. The highest BCUT2D eigenvalue weighted by molar-refractivity contribution is 5.90. The summed E-state index contributed by atoms with van der Waals surface area (Å²) in [4.78, 5) is 12.4. The highest BCUT2D eigenvalue weighted by atomic mass is 19.1. The van der Waals surface area contributed by atoms with Crippen LogP contribution in [-0.4, -0.2) is 12.6 Å². The first kappa shape index (κ1) is 20.9. The number of hydrogen-bond donors (Lipinski definition) is 0. The van der Waals surface area contributed by atoms with Crippen molar-refractivity contribution in [3.63, 3.8) is 0 Å². The quantitative estimate of drug-likeness (QED) is 0.334. The second-order valence-electron chi connectivity index (χ2n) is 6.62. The lowest BCUT2D eigenvalue weighted by molar-refractivity contribution is 0.0282. The van der Waals surface area contributed by atoms with Crippen molar-refractivity contribution in [1.82, 2.24) is 0 Å². The van der Waals surface area contributed by atoms with Gasteiger partial charge >= 0.3 is 5.97 Å². The molecule has 0 spiro atoms. The van der Waals surface area contributed by atoms with Gasteiger partial charge in [0.2, 0.25) is 0 Å². The number of rotatable bonds is 11. The molecule has 0 aromatic heterocycles. The Morgan fingerprint density at radius 3 is 2.41 bits per heavy atom. The Labute approximate surface area is 161 Å². The molecule has 0 aliphatic rings. The Morgan fingerprint density at radius 1 is 1.00 bits per heavy atom. The first-order chi connectivity index (χ1) is 13.2. The van der Waals surface area contributed by atoms with Gasteiger partial charge in [-0.15, -0.1) is 0 Å². The molecular formula is C23H29FO3. The van der Waals surface area contributed by atoms with Gasteiger partial charge in [-0.3, -0.25) is 0 Å². The number of carbonyl (C=O) groups is 1. The molecule has 2 rings (SSSR count). The maximum atomic E-state index is 14.4. The minimum absolute atomic E-state index is 0.0697. The predicted octanol–water partition coefficient (Wildman–Crippen LogP) is 6.48. The molecule has 27 heavy (non-hydrogen) atoms. The molecule has 0 amide bonds. The van der Waals surface area contributed by atoms with Crippen LogP contribution in [0.15, 0.2) is 48.5 Å². The molecule has 0 saturated heterocycles. The summed E-state index contributed by atoms with van der Waals surface area (Å²) in [6.07, 6.45) is 5.91. The zero-order valence-corrected chi connectivity index (χ0v) is 16.2. The monoisotopic (exact) mass is 372 g/mol. The van der Waals surface area contributed by atoms with Crippen LogP contribution in [0.4, 0.5) is 4.39 Å². The van der Waals surface area contributed by atoms with E-state index in [2.05, 4.69) is 6.92 Å². The summed E-state index contributed by atoms with van der Waals surface area (Å²) in [5.74, 6) is -0.838. The average Bonchev–Trinajstić information content (AvgIpc) is 2.69. The smallest absolute Gasteiger partial charge is 0.341 e. The van der Waals surface area contributed by atoms with Crippen LogP contribution in [0.5, 0.6) is 5.75 Å². The Bertz CT molecular complexity index is 700. The fourth-order valence-corrected chi connectivity index (χ4v) is 2.89. The first-order valence-corrected chi connectivity index (χ1v) is 9.84. The molecule has 2 aromatic carbocycles. The number of hydrogen-bond acceptors (Lipinski definition) is 3. The van der Waals surface area contributed by atoms with Gasteiger partial charge in [0.1, 0.15) is 17.7 Å². The Balaban J connectivity index is 1.91. The lowest BCUT2D eigenvalue weighted by atomic mass is 10.1. The highest BCUT2D eigenvalue weighted by Crippen LogP contribution is 2.24. The molecule has 3 nitrogen and oxygen atoms in total. The zero-order valence-electron chi connectivity index (χ0n) is 16.2. The summed E-state index contributed by atoms with van der Waals surface area (Å²) in [7, 11) is 0. The topological polar surface area (TPSA) is 35.5 Å². The van der Waals surface area contributed by atoms with Crippen LogP contribution in [0.2, 0.25) is 0 Å². The van der Waals surface area contributed by atoms with Gasteiger partial charge in [0.25, 0.3) is 0 Å². The lowest BCUT2D eigenvalue weighted by Crippen LogP contribution is -2.13. The average molecular weight is 372 g/mol. The van der Waals surface area contributed by atoms with Crippen LogP contribution in [0.3, 0.4) is 0 Å². The maximum absolute atomic E-state index is 14.4. The SMILES string of the molecule is CCCCCCCOc1ccc(C(=O)OC(CC)c2ccccc2)c(F)c1. The molecule has 146 valence electrons. The number of carbonyl (C=O) groups excluding carboxylic acids is 1. The second-order valence-corrected chi connectivity index (χ2v) is 6.62. The summed E-state index contributed by atoms with van der Waals surface area (Å²) in [6.45, 7) is 4.66. The van der Waals surface area contributed by atoms with E-state index in [1.807, 2.05) is 37.3 Å². The van der Waals surface area contributed by atoms with Gasteiger partial charge in [0.15, 0.2) is 0 Å². The molecule has 4 heteroatoms. The summed E-state index contributed by atoms with van der Waals surface area (Å²) >= 11 is 0. The van der Waals surface area contributed by atoms with Crippen molar-refractivity contribution in [2.75, 3.05) is 6.61 Å². The molecule has 2 aromatic rings.